The van der Waals surface area contributed by atoms with Gasteiger partial charge < -0.3 is 40.7 Å². The van der Waals surface area contributed by atoms with Crippen LogP contribution in [0.5, 0.6) is 0 Å². The van der Waals surface area contributed by atoms with Crippen LogP contribution >= 0.6 is 15.6 Å². The van der Waals surface area contributed by atoms with Gasteiger partial charge in [-0.25, -0.2) is 18.9 Å². The highest BCUT2D eigenvalue weighted by Crippen LogP contribution is 2.50. The highest BCUT2D eigenvalue weighted by molar-refractivity contribution is 7.47. The van der Waals surface area contributed by atoms with Crippen molar-refractivity contribution in [3.8, 4) is 0 Å². The second-order valence-corrected chi connectivity index (χ2v) is 12.0. The van der Waals surface area contributed by atoms with Crippen molar-refractivity contribution >= 4 is 38.6 Å². The summed E-state index contributed by atoms with van der Waals surface area (Å²) in [4.78, 5) is 66.8. The van der Waals surface area contributed by atoms with Gasteiger partial charge in [0.1, 0.15) is 36.6 Å². The van der Waals surface area contributed by atoms with Crippen LogP contribution in [0.4, 0.5) is 11.8 Å². The van der Waals surface area contributed by atoms with Gasteiger partial charge in [-0.3, -0.25) is 32.5 Å². The summed E-state index contributed by atoms with van der Waals surface area (Å²) in [6.45, 7) is -1.40. The second-order valence-electron chi connectivity index (χ2n) is 9.31. The number of phosphoric ester groups is 2. The van der Waals surface area contributed by atoms with Crippen molar-refractivity contribution < 1.29 is 52.0 Å². The summed E-state index contributed by atoms with van der Waals surface area (Å²) in [5.41, 5.74) is 9.67. The molecule has 9 N–H and O–H groups in total. The molecule has 5 rings (SSSR count). The number of nitrogens with two attached hydrogens (primary N) is 2. The molecule has 230 valence electrons. The first-order valence-corrected chi connectivity index (χ1v) is 15.1. The monoisotopic (exact) mass is 636 g/mol. The number of aliphatic hydroxyl groups excluding tert-OH is 1. The SMILES string of the molecule is Nc1ccn([C@H]2C[C@H](O)[C@@H](COP(=O)(O)O[C@H]3C[C@H](n4cnc5c(=O)[nH]c(N)nc54)O[C@@H]3COP(=O)(O)O)O2)c(=O)n1. The first-order valence-electron chi connectivity index (χ1n) is 12.1. The maximum atomic E-state index is 12.9. The van der Waals surface area contributed by atoms with Crippen LogP contribution in [-0.2, 0) is 32.2 Å². The molecule has 0 bridgehead atoms. The molecule has 21 nitrogen and oxygen atoms in total. The lowest BCUT2D eigenvalue weighted by atomic mass is 10.2. The summed E-state index contributed by atoms with van der Waals surface area (Å²) in [5, 5.41) is 10.4. The summed E-state index contributed by atoms with van der Waals surface area (Å²) < 4.78 is 52.7. The molecule has 1 unspecified atom stereocenters. The number of rotatable bonds is 10. The molecule has 42 heavy (non-hydrogen) atoms. The average Bonchev–Trinajstić information content (AvgIpc) is 3.57. The summed E-state index contributed by atoms with van der Waals surface area (Å²) in [6, 6.07) is 1.36. The number of H-pyrrole nitrogens is 1. The predicted molar refractivity (Wildman–Crippen MR) is 137 cm³/mol. The van der Waals surface area contributed by atoms with Gasteiger partial charge in [-0.05, 0) is 6.07 Å². The highest BCUT2D eigenvalue weighted by atomic mass is 31.2. The van der Waals surface area contributed by atoms with Gasteiger partial charge in [0.2, 0.25) is 5.95 Å². The molecule has 2 aliphatic heterocycles. The Morgan fingerprint density at radius 2 is 1.71 bits per heavy atom. The van der Waals surface area contributed by atoms with Gasteiger partial charge in [-0.1, -0.05) is 0 Å². The van der Waals surface area contributed by atoms with Crippen LogP contribution < -0.4 is 22.7 Å². The minimum absolute atomic E-state index is 0.00838. The van der Waals surface area contributed by atoms with Crippen LogP contribution in [0.15, 0.2) is 28.2 Å². The van der Waals surface area contributed by atoms with Crippen LogP contribution in [-0.4, -0.2) is 86.5 Å². The number of aromatic nitrogens is 6. The zero-order valence-electron chi connectivity index (χ0n) is 21.3. The van der Waals surface area contributed by atoms with E-state index in [0.717, 1.165) is 4.57 Å². The molecule has 0 radical (unpaired) electrons. The van der Waals surface area contributed by atoms with Gasteiger partial charge in [0.05, 0.1) is 25.6 Å². The number of imidazole rings is 1. The fourth-order valence-corrected chi connectivity index (χ4v) is 5.81. The van der Waals surface area contributed by atoms with E-state index in [1.807, 2.05) is 0 Å². The second kappa shape index (κ2) is 11.5. The van der Waals surface area contributed by atoms with Crippen molar-refractivity contribution in [1.29, 1.82) is 0 Å². The van der Waals surface area contributed by atoms with Crippen molar-refractivity contribution in [2.45, 2.75) is 49.7 Å². The Kier molecular flexibility index (Phi) is 8.36. The van der Waals surface area contributed by atoms with Crippen LogP contribution in [0.25, 0.3) is 11.2 Å². The number of aliphatic hydroxyl groups is 1. The Morgan fingerprint density at radius 3 is 2.43 bits per heavy atom. The van der Waals surface area contributed by atoms with E-state index in [1.54, 1.807) is 0 Å². The fraction of sp³-hybridized carbons (Fsp3) is 0.526. The number of ether oxygens (including phenoxy) is 2. The molecule has 0 saturated carbocycles. The van der Waals surface area contributed by atoms with Crippen molar-refractivity contribution in [1.82, 2.24) is 29.1 Å². The third-order valence-electron chi connectivity index (χ3n) is 6.38. The van der Waals surface area contributed by atoms with Crippen molar-refractivity contribution in [2.75, 3.05) is 24.7 Å². The number of nitrogens with one attached hydrogen (secondary N) is 1. The van der Waals surface area contributed by atoms with E-state index in [4.69, 9.17) is 39.8 Å². The van der Waals surface area contributed by atoms with E-state index in [1.165, 1.54) is 23.2 Å². The minimum atomic E-state index is -4.97. The molecule has 2 saturated heterocycles. The van der Waals surface area contributed by atoms with E-state index in [-0.39, 0.29) is 35.8 Å². The third kappa shape index (κ3) is 6.77. The molecule has 2 fully saturated rings. The molecule has 3 aromatic rings. The standard InChI is InChI=1S/C19H26N8O13P2/c20-12-1-2-26(19(30)23-12)13-3-8(28)10(38-13)5-37-42(34,35)40-9-4-14(39-11(9)6-36-41(31,32)33)27-7-22-15-16(27)24-18(21)25-17(15)29/h1-2,7-11,13-14,28H,3-6H2,(H,34,35)(H2,20,23,30)(H2,31,32,33)(H3,21,24,25,29)/t8-,9-,10+,11+,13+,14+/m0/s1. The molecule has 2 aliphatic rings. The Bertz CT molecular complexity index is 1670. The highest BCUT2D eigenvalue weighted by Gasteiger charge is 2.44. The average molecular weight is 636 g/mol. The number of nitrogens with zero attached hydrogens (tertiary/aromatic N) is 5. The van der Waals surface area contributed by atoms with Crippen LogP contribution in [0.3, 0.4) is 0 Å². The zero-order valence-corrected chi connectivity index (χ0v) is 23.1. The number of hydrogen-bond acceptors (Lipinski definition) is 15. The lowest BCUT2D eigenvalue weighted by molar-refractivity contribution is -0.0562. The van der Waals surface area contributed by atoms with Crippen molar-refractivity contribution in [3.05, 3.63) is 39.4 Å². The summed E-state index contributed by atoms with van der Waals surface area (Å²) >= 11 is 0. The Balaban J connectivity index is 1.27. The Labute approximate surface area is 233 Å². The van der Waals surface area contributed by atoms with Gasteiger partial charge >= 0.3 is 21.3 Å². The van der Waals surface area contributed by atoms with Crippen molar-refractivity contribution in [2.24, 2.45) is 0 Å². The molecule has 0 aliphatic carbocycles. The van der Waals surface area contributed by atoms with E-state index >= 15 is 0 Å². The molecule has 7 atom stereocenters. The largest absolute Gasteiger partial charge is 0.472 e. The van der Waals surface area contributed by atoms with E-state index in [0.29, 0.717) is 0 Å². The topological polar surface area (TPSA) is 312 Å². The Hall–Kier alpha value is -3.07. The van der Waals surface area contributed by atoms with Gasteiger partial charge in [-0.2, -0.15) is 9.97 Å². The number of anilines is 2. The van der Waals surface area contributed by atoms with E-state index in [2.05, 4.69) is 24.5 Å². The van der Waals surface area contributed by atoms with Gasteiger partial charge in [0, 0.05) is 19.0 Å². The van der Waals surface area contributed by atoms with Gasteiger partial charge in [0.15, 0.2) is 11.2 Å². The number of phosphoric acid groups is 2. The normalized spacial score (nSPS) is 27.9. The molecule has 0 aromatic carbocycles. The molecular weight excluding hydrogens is 610 g/mol. The lowest BCUT2D eigenvalue weighted by Crippen LogP contribution is -2.30. The molecule has 3 aromatic heterocycles. The summed E-state index contributed by atoms with van der Waals surface area (Å²) in [7, 11) is -9.90. The zero-order chi connectivity index (χ0) is 30.4. The molecule has 0 spiro atoms. The van der Waals surface area contributed by atoms with Gasteiger partial charge in [-0.15, -0.1) is 0 Å². The maximum Gasteiger partial charge on any atom is 0.472 e. The summed E-state index contributed by atoms with van der Waals surface area (Å²) in [6.07, 6.45) is -4.73. The molecular formula is C19H26N8O13P2. The fourth-order valence-electron chi connectivity index (χ4n) is 4.51. The summed E-state index contributed by atoms with van der Waals surface area (Å²) in [5.74, 6) is -0.225. The number of hydrogen-bond donors (Lipinski definition) is 7. The lowest BCUT2D eigenvalue weighted by Gasteiger charge is -2.22. The van der Waals surface area contributed by atoms with E-state index < -0.39 is 77.0 Å². The Morgan fingerprint density at radius 1 is 1.02 bits per heavy atom. The van der Waals surface area contributed by atoms with Crippen LogP contribution in [0.1, 0.15) is 25.3 Å². The number of nitrogen functional groups attached to an aromatic ring is 2. The van der Waals surface area contributed by atoms with Crippen LogP contribution in [0, 0.1) is 0 Å². The smallest absolute Gasteiger partial charge is 0.390 e. The number of aromatic amines is 1. The van der Waals surface area contributed by atoms with E-state index in [9.17, 15) is 28.7 Å². The van der Waals surface area contributed by atoms with Gasteiger partial charge in [0.25, 0.3) is 5.56 Å². The van der Waals surface area contributed by atoms with Crippen molar-refractivity contribution in [3.63, 3.8) is 0 Å². The predicted octanol–water partition coefficient (Wildman–Crippen LogP) is -1.91. The first kappa shape index (κ1) is 30.4. The molecule has 0 amide bonds. The first-order chi connectivity index (χ1) is 19.7. The quantitative estimate of drug-likeness (QED) is 0.119. The van der Waals surface area contributed by atoms with Crippen LogP contribution in [0.2, 0.25) is 0 Å². The third-order valence-corrected chi connectivity index (χ3v) is 7.88. The molecule has 23 heteroatoms. The number of fused-ring (bicyclic) bond motifs is 1. The molecule has 5 heterocycles. The minimum Gasteiger partial charge on any atom is -0.390 e. The maximum absolute atomic E-state index is 12.9.